The van der Waals surface area contributed by atoms with E-state index in [1.165, 1.54) is 49.6 Å². The summed E-state index contributed by atoms with van der Waals surface area (Å²) in [6.07, 6.45) is 1.38. The number of hydrogen-bond donors (Lipinski definition) is 0. The summed E-state index contributed by atoms with van der Waals surface area (Å²) in [5.74, 6) is -1.29. The van der Waals surface area contributed by atoms with Crippen LogP contribution in [0.5, 0.6) is 11.6 Å². The van der Waals surface area contributed by atoms with E-state index < -0.39 is 16.9 Å². The number of benzene rings is 1. The second-order valence-electron chi connectivity index (χ2n) is 5.90. The molecule has 0 amide bonds. The lowest BCUT2D eigenvalue weighted by atomic mass is 10.1. The number of carbonyl (C=O) groups excluding carboxylic acids is 2. The lowest BCUT2D eigenvalue weighted by Gasteiger charge is -2.31. The van der Waals surface area contributed by atoms with Crippen molar-refractivity contribution < 1.29 is 33.5 Å². The predicted octanol–water partition coefficient (Wildman–Crippen LogP) is 2.18. The van der Waals surface area contributed by atoms with Crippen LogP contribution in [0.1, 0.15) is 0 Å². The molecule has 0 bridgehead atoms. The number of methoxy groups -OCH3 is 2. The van der Waals surface area contributed by atoms with Crippen LogP contribution in [-0.2, 0) is 23.8 Å². The van der Waals surface area contributed by atoms with Crippen molar-refractivity contribution in [1.82, 2.24) is 4.98 Å². The van der Waals surface area contributed by atoms with E-state index in [9.17, 15) is 19.7 Å². The highest BCUT2D eigenvalue weighted by Gasteiger charge is 2.32. The second kappa shape index (κ2) is 9.01. The highest BCUT2D eigenvalue weighted by atomic mass is 16.6. The number of nitro groups is 1. The van der Waals surface area contributed by atoms with Gasteiger partial charge in [0.15, 0.2) is 0 Å². The van der Waals surface area contributed by atoms with E-state index in [-0.39, 0.29) is 41.9 Å². The number of nitrogens with zero attached hydrogens (tertiary/aromatic N) is 3. The zero-order valence-corrected chi connectivity index (χ0v) is 16.1. The van der Waals surface area contributed by atoms with Crippen LogP contribution >= 0.6 is 0 Å². The Labute approximate surface area is 170 Å². The van der Waals surface area contributed by atoms with Gasteiger partial charge in [0.1, 0.15) is 18.2 Å². The molecule has 1 aromatic heterocycles. The molecule has 2 aromatic rings. The quantitative estimate of drug-likeness (QED) is 0.393. The largest absolute Gasteiger partial charge is 0.466 e. The van der Waals surface area contributed by atoms with Crippen LogP contribution < -0.4 is 9.64 Å². The van der Waals surface area contributed by atoms with Crippen LogP contribution in [0.4, 0.5) is 11.4 Å². The molecule has 0 N–H and O–H groups in total. The maximum absolute atomic E-state index is 12.3. The van der Waals surface area contributed by atoms with Crippen molar-refractivity contribution in [2.24, 2.45) is 0 Å². The first-order valence-electron chi connectivity index (χ1n) is 8.58. The molecule has 11 nitrogen and oxygen atoms in total. The van der Waals surface area contributed by atoms with E-state index in [4.69, 9.17) is 18.9 Å². The first-order valence-corrected chi connectivity index (χ1v) is 8.58. The maximum Gasteiger partial charge on any atom is 0.355 e. The molecule has 1 aromatic carbocycles. The predicted molar refractivity (Wildman–Crippen MR) is 102 cm³/mol. The summed E-state index contributed by atoms with van der Waals surface area (Å²) >= 11 is 0. The first kappa shape index (κ1) is 20.7. The van der Waals surface area contributed by atoms with Gasteiger partial charge in [-0.05, 0) is 30.3 Å². The smallest absolute Gasteiger partial charge is 0.355 e. The monoisotopic (exact) mass is 415 g/mol. The van der Waals surface area contributed by atoms with Crippen LogP contribution in [0.2, 0.25) is 0 Å². The van der Waals surface area contributed by atoms with Gasteiger partial charge in [-0.25, -0.2) is 14.6 Å². The number of ether oxygens (including phenoxy) is 4. The van der Waals surface area contributed by atoms with Crippen LogP contribution in [0.3, 0.4) is 0 Å². The summed E-state index contributed by atoms with van der Waals surface area (Å²) in [6.45, 7) is -0.102. The minimum atomic E-state index is -0.719. The van der Waals surface area contributed by atoms with Crippen LogP contribution in [0.15, 0.2) is 53.9 Å². The highest BCUT2D eigenvalue weighted by Crippen LogP contribution is 2.31. The summed E-state index contributed by atoms with van der Waals surface area (Å²) < 4.78 is 20.4. The van der Waals surface area contributed by atoms with Gasteiger partial charge >= 0.3 is 17.6 Å². The van der Waals surface area contributed by atoms with E-state index in [2.05, 4.69) is 4.98 Å². The Morgan fingerprint density at radius 2 is 1.83 bits per heavy atom. The molecule has 0 fully saturated rings. The molecular formula is C19H17N3O8. The average Bonchev–Trinajstić information content (AvgIpc) is 2.78. The van der Waals surface area contributed by atoms with Crippen molar-refractivity contribution in [1.29, 1.82) is 0 Å². The fraction of sp³-hybridized carbons (Fsp3) is 0.211. The van der Waals surface area contributed by atoms with Crippen LogP contribution in [-0.4, -0.2) is 49.4 Å². The van der Waals surface area contributed by atoms with Crippen molar-refractivity contribution in [3.8, 4) is 11.6 Å². The standard InChI is InChI=1S/C19H17N3O8/c1-27-18(23)14-10-29-11-21(16(14)19(24)28-2)12-5-7-13(8-6-12)30-17-15(22(25)26)4-3-9-20-17/h3-9H,10-11H2,1-2H3. The Morgan fingerprint density at radius 3 is 2.47 bits per heavy atom. The number of aromatic nitrogens is 1. The van der Waals surface area contributed by atoms with Crippen molar-refractivity contribution in [3.05, 3.63) is 64.0 Å². The Kier molecular flexibility index (Phi) is 6.23. The molecule has 2 heterocycles. The summed E-state index contributed by atoms with van der Waals surface area (Å²) in [5, 5.41) is 11.1. The Morgan fingerprint density at radius 1 is 1.13 bits per heavy atom. The molecule has 0 saturated carbocycles. The molecule has 0 radical (unpaired) electrons. The van der Waals surface area contributed by atoms with Gasteiger partial charge in [-0.1, -0.05) is 0 Å². The van der Waals surface area contributed by atoms with Gasteiger partial charge in [0.25, 0.3) is 5.88 Å². The lowest BCUT2D eigenvalue weighted by Crippen LogP contribution is -2.38. The number of esters is 2. The molecule has 0 unspecified atom stereocenters. The topological polar surface area (TPSA) is 130 Å². The zero-order valence-electron chi connectivity index (χ0n) is 16.1. The molecule has 1 aliphatic rings. The minimum absolute atomic E-state index is 0.00313. The normalized spacial score (nSPS) is 13.6. The summed E-state index contributed by atoms with van der Waals surface area (Å²) in [6, 6.07) is 8.98. The molecule has 30 heavy (non-hydrogen) atoms. The number of rotatable bonds is 6. The second-order valence-corrected chi connectivity index (χ2v) is 5.90. The molecule has 156 valence electrons. The van der Waals surface area contributed by atoms with Gasteiger partial charge < -0.3 is 23.8 Å². The molecule has 0 atom stereocenters. The average molecular weight is 415 g/mol. The molecule has 0 spiro atoms. The minimum Gasteiger partial charge on any atom is -0.466 e. The zero-order chi connectivity index (χ0) is 21.7. The van der Waals surface area contributed by atoms with Gasteiger partial charge in [-0.15, -0.1) is 0 Å². The third kappa shape index (κ3) is 4.20. The van der Waals surface area contributed by atoms with Crippen molar-refractivity contribution in [2.45, 2.75) is 0 Å². The molecular weight excluding hydrogens is 398 g/mol. The van der Waals surface area contributed by atoms with Crippen molar-refractivity contribution in [2.75, 3.05) is 32.5 Å². The van der Waals surface area contributed by atoms with Crippen LogP contribution in [0.25, 0.3) is 0 Å². The summed E-state index contributed by atoms with van der Waals surface area (Å²) in [7, 11) is 2.40. The summed E-state index contributed by atoms with van der Waals surface area (Å²) in [5.41, 5.74) is 0.258. The number of hydrogen-bond acceptors (Lipinski definition) is 10. The third-order valence-corrected chi connectivity index (χ3v) is 4.14. The highest BCUT2D eigenvalue weighted by molar-refractivity contribution is 6.03. The number of anilines is 1. The molecule has 3 rings (SSSR count). The van der Waals surface area contributed by atoms with E-state index in [0.717, 1.165) is 0 Å². The van der Waals surface area contributed by atoms with Gasteiger partial charge in [0, 0.05) is 18.0 Å². The van der Waals surface area contributed by atoms with E-state index >= 15 is 0 Å². The van der Waals surface area contributed by atoms with Gasteiger partial charge in [0.2, 0.25) is 0 Å². The number of pyridine rings is 1. The fourth-order valence-electron chi connectivity index (χ4n) is 2.75. The lowest BCUT2D eigenvalue weighted by molar-refractivity contribution is -0.386. The molecule has 0 aliphatic carbocycles. The Hall–Kier alpha value is -3.99. The van der Waals surface area contributed by atoms with E-state index in [0.29, 0.717) is 5.69 Å². The Bertz CT molecular complexity index is 1000. The molecule has 11 heteroatoms. The van der Waals surface area contributed by atoms with Gasteiger partial charge in [-0.3, -0.25) is 10.1 Å². The summed E-state index contributed by atoms with van der Waals surface area (Å²) in [4.78, 5) is 40.2. The number of carbonyl (C=O) groups is 2. The molecule has 1 aliphatic heterocycles. The van der Waals surface area contributed by atoms with Crippen molar-refractivity contribution in [3.63, 3.8) is 0 Å². The van der Waals surface area contributed by atoms with E-state index in [1.54, 1.807) is 12.1 Å². The molecule has 0 saturated heterocycles. The fourth-order valence-corrected chi connectivity index (χ4v) is 2.75. The van der Waals surface area contributed by atoms with Crippen LogP contribution in [0, 0.1) is 10.1 Å². The Balaban J connectivity index is 1.91. The SMILES string of the molecule is COC(=O)C1=C(C(=O)OC)N(c2ccc(Oc3ncccc3[N+](=O)[O-])cc2)COC1. The van der Waals surface area contributed by atoms with E-state index in [1.807, 2.05) is 0 Å². The van der Waals surface area contributed by atoms with Gasteiger partial charge in [-0.2, -0.15) is 0 Å². The van der Waals surface area contributed by atoms with Crippen molar-refractivity contribution >= 4 is 23.3 Å². The maximum atomic E-state index is 12.3. The third-order valence-electron chi connectivity index (χ3n) is 4.14. The van der Waals surface area contributed by atoms with Gasteiger partial charge in [0.05, 0.1) is 31.3 Å². The first-order chi connectivity index (χ1) is 14.5.